The number of aliphatic hydroxyl groups excluding tert-OH is 1. The van der Waals surface area contributed by atoms with Crippen LogP contribution in [-0.2, 0) is 0 Å². The van der Waals surface area contributed by atoms with Gasteiger partial charge in [-0.15, -0.1) is 0 Å². The summed E-state index contributed by atoms with van der Waals surface area (Å²) in [5, 5.41) is 18.9. The van der Waals surface area contributed by atoms with Gasteiger partial charge in [-0.2, -0.15) is 0 Å². The largest absolute Gasteiger partial charge is 0.389 e. The van der Waals surface area contributed by atoms with Gasteiger partial charge in [0.1, 0.15) is 5.82 Å². The first-order valence-corrected chi connectivity index (χ1v) is 17.6. The SMILES string of the molecule is CCCN(CCC)C(=O)c1cc(C)cc(C(=O)NC2(C(O)C3CCC(CC4CCCCC4)CN3)CC2c2cc(C)cc(F)c2)c1. The van der Waals surface area contributed by atoms with Gasteiger partial charge in [0, 0.05) is 36.2 Å². The van der Waals surface area contributed by atoms with E-state index in [-0.39, 0.29) is 29.6 Å². The molecule has 1 aliphatic heterocycles. The summed E-state index contributed by atoms with van der Waals surface area (Å²) in [6.45, 7) is 10.1. The summed E-state index contributed by atoms with van der Waals surface area (Å²) in [6.07, 6.45) is 11.3. The van der Waals surface area contributed by atoms with E-state index in [0.717, 1.165) is 54.8 Å². The van der Waals surface area contributed by atoms with Crippen LogP contribution in [0.4, 0.5) is 4.39 Å². The van der Waals surface area contributed by atoms with Crippen LogP contribution in [0.3, 0.4) is 0 Å². The summed E-state index contributed by atoms with van der Waals surface area (Å²) < 4.78 is 14.5. The Hall–Kier alpha value is -2.77. The minimum atomic E-state index is -0.921. The smallest absolute Gasteiger partial charge is 0.253 e. The van der Waals surface area contributed by atoms with Crippen molar-refractivity contribution >= 4 is 11.8 Å². The van der Waals surface area contributed by atoms with Crippen LogP contribution in [0.15, 0.2) is 36.4 Å². The van der Waals surface area contributed by atoms with Crippen LogP contribution in [0.1, 0.15) is 128 Å². The monoisotopic (exact) mass is 619 g/mol. The molecule has 6 nitrogen and oxygen atoms in total. The Labute approximate surface area is 269 Å². The van der Waals surface area contributed by atoms with E-state index >= 15 is 0 Å². The van der Waals surface area contributed by atoms with E-state index < -0.39 is 11.6 Å². The Balaban J connectivity index is 1.35. The number of hydrogen-bond donors (Lipinski definition) is 3. The van der Waals surface area contributed by atoms with Gasteiger partial charge >= 0.3 is 0 Å². The molecular formula is C38H54FN3O3. The number of nitrogens with zero attached hydrogens (tertiary/aromatic N) is 1. The van der Waals surface area contributed by atoms with E-state index in [0.29, 0.717) is 36.6 Å². The standard InChI is InChI=1S/C38H54FN3O3/c1-5-14-42(15-6-2)37(45)31-18-25(3)17-30(21-31)36(44)41-38(23-33(38)29-16-26(4)19-32(39)22-29)35(43)34-13-12-28(24-40-34)20-27-10-8-7-9-11-27/h16-19,21-22,27-28,33-35,40,43H,5-15,20,23-24H2,1-4H3,(H,41,44). The Morgan fingerprint density at radius 3 is 2.27 bits per heavy atom. The number of amides is 2. The van der Waals surface area contributed by atoms with Gasteiger partial charge in [0.25, 0.3) is 11.8 Å². The van der Waals surface area contributed by atoms with E-state index in [2.05, 4.69) is 24.5 Å². The lowest BCUT2D eigenvalue weighted by Gasteiger charge is -2.38. The summed E-state index contributed by atoms with van der Waals surface area (Å²) >= 11 is 0. The van der Waals surface area contributed by atoms with Crippen molar-refractivity contribution in [2.45, 2.75) is 122 Å². The molecule has 0 bridgehead atoms. The Kier molecular flexibility index (Phi) is 11.0. The second kappa shape index (κ2) is 14.8. The zero-order valence-electron chi connectivity index (χ0n) is 27.8. The van der Waals surface area contributed by atoms with E-state index in [4.69, 9.17) is 0 Å². The van der Waals surface area contributed by atoms with Gasteiger partial charge in [-0.25, -0.2) is 4.39 Å². The lowest BCUT2D eigenvalue weighted by Crippen LogP contribution is -2.57. The predicted molar refractivity (Wildman–Crippen MR) is 178 cm³/mol. The highest BCUT2D eigenvalue weighted by Gasteiger charge is 2.62. The number of aryl methyl sites for hydroxylation is 2. The number of piperidine rings is 1. The molecule has 0 aromatic heterocycles. The Morgan fingerprint density at radius 2 is 1.62 bits per heavy atom. The molecule has 5 unspecified atom stereocenters. The molecule has 1 heterocycles. The maximum atomic E-state index is 14.5. The van der Waals surface area contributed by atoms with Gasteiger partial charge in [-0.1, -0.05) is 52.0 Å². The fourth-order valence-corrected chi connectivity index (χ4v) is 8.22. The van der Waals surface area contributed by atoms with Crippen molar-refractivity contribution in [2.24, 2.45) is 11.8 Å². The molecule has 0 radical (unpaired) electrons. The number of rotatable bonds is 12. The van der Waals surface area contributed by atoms with Crippen molar-refractivity contribution in [3.8, 4) is 0 Å². The van der Waals surface area contributed by atoms with Crippen LogP contribution < -0.4 is 10.6 Å². The molecule has 2 saturated carbocycles. The van der Waals surface area contributed by atoms with E-state index in [1.165, 1.54) is 50.7 Å². The first-order valence-electron chi connectivity index (χ1n) is 17.6. The number of aliphatic hydroxyl groups is 1. The number of benzene rings is 2. The zero-order chi connectivity index (χ0) is 32.1. The number of hydrogen-bond acceptors (Lipinski definition) is 4. The number of halogens is 1. The van der Waals surface area contributed by atoms with Crippen LogP contribution in [-0.4, -0.2) is 59.1 Å². The number of nitrogens with one attached hydrogen (secondary N) is 2. The fraction of sp³-hybridized carbons (Fsp3) is 0.632. The molecule has 5 rings (SSSR count). The van der Waals surface area contributed by atoms with Gasteiger partial charge < -0.3 is 20.6 Å². The highest BCUT2D eigenvalue weighted by atomic mass is 19.1. The van der Waals surface area contributed by atoms with E-state index in [1.54, 1.807) is 12.1 Å². The van der Waals surface area contributed by atoms with Gasteiger partial charge in [0.15, 0.2) is 0 Å². The number of carbonyl (C=O) groups is 2. The van der Waals surface area contributed by atoms with Crippen molar-refractivity contribution in [2.75, 3.05) is 19.6 Å². The molecule has 3 N–H and O–H groups in total. The molecule has 5 atom stereocenters. The maximum Gasteiger partial charge on any atom is 0.253 e. The summed E-state index contributed by atoms with van der Waals surface area (Å²) in [4.78, 5) is 29.3. The highest BCUT2D eigenvalue weighted by Crippen LogP contribution is 2.55. The van der Waals surface area contributed by atoms with Crippen LogP contribution >= 0.6 is 0 Å². The highest BCUT2D eigenvalue weighted by molar-refractivity contribution is 6.00. The average Bonchev–Trinajstić information content (AvgIpc) is 3.75. The van der Waals surface area contributed by atoms with Gasteiger partial charge in [0.05, 0.1) is 11.6 Å². The van der Waals surface area contributed by atoms with Crippen molar-refractivity contribution in [3.05, 3.63) is 70.0 Å². The van der Waals surface area contributed by atoms with Crippen LogP contribution in [0.25, 0.3) is 0 Å². The van der Waals surface area contributed by atoms with Crippen molar-refractivity contribution in [1.82, 2.24) is 15.5 Å². The van der Waals surface area contributed by atoms with Crippen molar-refractivity contribution < 1.29 is 19.1 Å². The maximum absolute atomic E-state index is 14.5. The summed E-state index contributed by atoms with van der Waals surface area (Å²) in [7, 11) is 0. The van der Waals surface area contributed by atoms with Gasteiger partial charge in [-0.05, 0) is 118 Å². The second-order valence-corrected chi connectivity index (χ2v) is 14.3. The molecule has 2 aromatic carbocycles. The topological polar surface area (TPSA) is 81.7 Å². The molecular weight excluding hydrogens is 565 g/mol. The summed E-state index contributed by atoms with van der Waals surface area (Å²) in [5.41, 5.74) is 2.44. The molecule has 3 aliphatic rings. The molecule has 2 aliphatic carbocycles. The molecule has 45 heavy (non-hydrogen) atoms. The summed E-state index contributed by atoms with van der Waals surface area (Å²) in [5.74, 6) is 0.544. The third-order valence-corrected chi connectivity index (χ3v) is 10.5. The number of carbonyl (C=O) groups excluding carboxylic acids is 2. The van der Waals surface area contributed by atoms with Crippen LogP contribution in [0.5, 0.6) is 0 Å². The molecule has 7 heteroatoms. The molecule has 2 amide bonds. The normalized spacial score (nSPS) is 25.9. The third kappa shape index (κ3) is 7.97. The predicted octanol–water partition coefficient (Wildman–Crippen LogP) is 7.06. The molecule has 1 saturated heterocycles. The zero-order valence-corrected chi connectivity index (χ0v) is 27.8. The lowest BCUT2D eigenvalue weighted by molar-refractivity contribution is 0.0483. The van der Waals surface area contributed by atoms with E-state index in [1.807, 2.05) is 30.9 Å². The van der Waals surface area contributed by atoms with E-state index in [9.17, 15) is 19.1 Å². The lowest BCUT2D eigenvalue weighted by atomic mass is 9.79. The Bertz CT molecular complexity index is 1310. The molecule has 2 aromatic rings. The Morgan fingerprint density at radius 1 is 0.933 bits per heavy atom. The quantitative estimate of drug-likeness (QED) is 0.238. The minimum Gasteiger partial charge on any atom is -0.389 e. The summed E-state index contributed by atoms with van der Waals surface area (Å²) in [6, 6.07) is 10.2. The average molecular weight is 620 g/mol. The third-order valence-electron chi connectivity index (χ3n) is 10.5. The van der Waals surface area contributed by atoms with Crippen molar-refractivity contribution in [1.29, 1.82) is 0 Å². The van der Waals surface area contributed by atoms with Crippen LogP contribution in [0.2, 0.25) is 0 Å². The van der Waals surface area contributed by atoms with Gasteiger partial charge in [0.2, 0.25) is 0 Å². The first-order chi connectivity index (χ1) is 21.6. The molecule has 0 spiro atoms. The second-order valence-electron chi connectivity index (χ2n) is 14.3. The van der Waals surface area contributed by atoms with Gasteiger partial charge in [-0.3, -0.25) is 9.59 Å². The fourth-order valence-electron chi connectivity index (χ4n) is 8.22. The van der Waals surface area contributed by atoms with Crippen molar-refractivity contribution in [3.63, 3.8) is 0 Å². The van der Waals surface area contributed by atoms with Crippen LogP contribution in [0, 0.1) is 31.5 Å². The first kappa shape index (κ1) is 33.6. The molecule has 3 fully saturated rings. The molecule has 246 valence electrons. The minimum absolute atomic E-state index is 0.0695.